The topological polar surface area (TPSA) is 64.6 Å². The minimum Gasteiger partial charge on any atom is -0.627 e. The maximum Gasteiger partial charge on any atom is 1.00 e. The molecular formula is C16H24Na2O4P+. The van der Waals surface area contributed by atoms with Crippen molar-refractivity contribution in [3.05, 3.63) is 29.3 Å². The summed E-state index contributed by atoms with van der Waals surface area (Å²) in [7, 11) is -3.17. The van der Waals surface area contributed by atoms with E-state index in [1.165, 1.54) is 19.3 Å². The van der Waals surface area contributed by atoms with E-state index in [2.05, 4.69) is 11.4 Å². The Labute approximate surface area is 184 Å². The third-order valence-electron chi connectivity index (χ3n) is 4.47. The molecule has 118 valence electrons. The van der Waals surface area contributed by atoms with Gasteiger partial charge in [-0.1, -0.05) is 45.4 Å². The molecule has 0 aromatic heterocycles. The molecule has 1 aromatic rings. The van der Waals surface area contributed by atoms with Crippen molar-refractivity contribution in [3.8, 4) is 5.75 Å². The summed E-state index contributed by atoms with van der Waals surface area (Å²) < 4.78 is 9.78. The normalized spacial score (nSPS) is 16.1. The van der Waals surface area contributed by atoms with Gasteiger partial charge in [-0.25, -0.2) is 4.52 Å². The van der Waals surface area contributed by atoms with Crippen molar-refractivity contribution in [2.45, 2.75) is 51.9 Å². The first-order valence-electron chi connectivity index (χ1n) is 7.55. The fourth-order valence-electron chi connectivity index (χ4n) is 2.83. The smallest absolute Gasteiger partial charge is 0.627 e. The fraction of sp³-hybridized carbons (Fsp3) is 0.625. The van der Waals surface area contributed by atoms with Crippen LogP contribution in [0.3, 0.4) is 0 Å². The zero-order chi connectivity index (χ0) is 15.6. The number of rotatable bonds is 6. The first kappa shape index (κ1) is 24.3. The van der Waals surface area contributed by atoms with Crippen LogP contribution in [0, 0.1) is 5.92 Å². The first-order chi connectivity index (χ1) is 9.85. The molecule has 0 bridgehead atoms. The molecule has 1 saturated carbocycles. The van der Waals surface area contributed by atoms with E-state index in [1.54, 1.807) is 0 Å². The van der Waals surface area contributed by atoms with Crippen LogP contribution in [-0.2, 0) is 4.52 Å². The second-order valence-electron chi connectivity index (χ2n) is 6.12. The predicted octanol–water partition coefficient (Wildman–Crippen LogP) is -2.85. The first-order valence-corrected chi connectivity index (χ1v) is 9.01. The van der Waals surface area contributed by atoms with Crippen LogP contribution in [0.5, 0.6) is 5.75 Å². The Morgan fingerprint density at radius 2 is 1.65 bits per heavy atom. The molecule has 0 N–H and O–H groups in total. The Balaban J connectivity index is 0.00000242. The predicted molar refractivity (Wildman–Crippen MR) is 80.8 cm³/mol. The molecule has 1 aromatic carbocycles. The fourth-order valence-corrected chi connectivity index (χ4v) is 3.34. The summed E-state index contributed by atoms with van der Waals surface area (Å²) in [6, 6.07) is 5.88. The second-order valence-corrected chi connectivity index (χ2v) is 7.56. The van der Waals surface area contributed by atoms with E-state index in [0.29, 0.717) is 17.6 Å². The molecular weight excluding hydrogens is 333 g/mol. The summed E-state index contributed by atoms with van der Waals surface area (Å²) >= 11 is 0. The van der Waals surface area contributed by atoms with Gasteiger partial charge >= 0.3 is 59.1 Å². The van der Waals surface area contributed by atoms with Gasteiger partial charge in [0.25, 0.3) is 0 Å². The third-order valence-corrected chi connectivity index (χ3v) is 5.33. The van der Waals surface area contributed by atoms with Gasteiger partial charge < -0.3 is 14.3 Å². The second kappa shape index (κ2) is 10.5. The minimum absolute atomic E-state index is 0. The van der Waals surface area contributed by atoms with E-state index in [-0.39, 0.29) is 65.0 Å². The van der Waals surface area contributed by atoms with Crippen molar-refractivity contribution in [1.29, 1.82) is 0 Å². The molecule has 0 radical (unpaired) electrons. The molecule has 1 aliphatic rings. The zero-order valence-electron chi connectivity index (χ0n) is 15.2. The summed E-state index contributed by atoms with van der Waals surface area (Å²) in [5, 5.41) is 0. The standard InChI is InChI=1S/C16H25O4P.2Na/c1-11(2)14-9-6-10-15(12(3)13-7-5-8-13)16(14)20-21(17,18)19-4;;/h6,9-13H,5,7-8H2,1-4H3,(H,17,18);;/q;2*+1/p-1/t12-;;/m1../s1. The quantitative estimate of drug-likeness (QED) is 0.406. The molecule has 0 heterocycles. The summed E-state index contributed by atoms with van der Waals surface area (Å²) in [5.74, 6) is 1.56. The van der Waals surface area contributed by atoms with Crippen molar-refractivity contribution in [2.75, 3.05) is 7.11 Å². The van der Waals surface area contributed by atoms with E-state index in [4.69, 9.17) is 4.52 Å². The van der Waals surface area contributed by atoms with Crippen molar-refractivity contribution in [2.24, 2.45) is 5.92 Å². The third kappa shape index (κ3) is 6.21. The van der Waals surface area contributed by atoms with Crippen molar-refractivity contribution < 1.29 is 77.9 Å². The molecule has 7 heteroatoms. The maximum atomic E-state index is 11.8. The summed E-state index contributed by atoms with van der Waals surface area (Å²) in [4.78, 5) is 23.5. The van der Waals surface area contributed by atoms with Crippen LogP contribution in [0.2, 0.25) is 0 Å². The molecule has 1 fully saturated rings. The minimum atomic E-state index is -4.30. The monoisotopic (exact) mass is 357 g/mol. The summed E-state index contributed by atoms with van der Waals surface area (Å²) in [6.07, 6.45) is 3.66. The largest absolute Gasteiger partial charge is 1.00 e. The van der Waals surface area contributed by atoms with E-state index < -0.39 is 8.17 Å². The molecule has 0 amide bonds. The molecule has 4 nitrogen and oxygen atoms in total. The van der Waals surface area contributed by atoms with Crippen LogP contribution in [0.1, 0.15) is 63.0 Å². The molecule has 0 aliphatic heterocycles. The summed E-state index contributed by atoms with van der Waals surface area (Å²) in [6.45, 7) is 6.21. The average molecular weight is 357 g/mol. The molecule has 23 heavy (non-hydrogen) atoms. The number of hydrogen-bond acceptors (Lipinski definition) is 4. The number of hydrogen-bond donors (Lipinski definition) is 0. The number of benzene rings is 1. The van der Waals surface area contributed by atoms with Crippen LogP contribution in [0.4, 0.5) is 0 Å². The van der Waals surface area contributed by atoms with E-state index in [1.807, 2.05) is 32.0 Å². The SMILES string of the molecule is CO[P+]([O-])([O-])Oc1c(C(C)C)cccc1[C@H](C)C1CCC1.[Na+].[Na+]. The Bertz CT molecular complexity index is 493. The van der Waals surface area contributed by atoms with Gasteiger partial charge in [0.05, 0.1) is 7.11 Å². The molecule has 0 unspecified atom stereocenters. The van der Waals surface area contributed by atoms with Crippen molar-refractivity contribution in [1.82, 2.24) is 0 Å². The van der Waals surface area contributed by atoms with Gasteiger partial charge in [0.15, 0.2) is 5.75 Å². The number of para-hydroxylation sites is 1. The van der Waals surface area contributed by atoms with Gasteiger partial charge in [-0.05, 0) is 30.6 Å². The van der Waals surface area contributed by atoms with Gasteiger partial charge in [-0.15, -0.1) is 0 Å². The van der Waals surface area contributed by atoms with E-state index >= 15 is 0 Å². The number of phosphoric ester groups is 1. The van der Waals surface area contributed by atoms with Gasteiger partial charge in [0, 0.05) is 11.1 Å². The van der Waals surface area contributed by atoms with Gasteiger partial charge in [-0.3, -0.25) is 0 Å². The van der Waals surface area contributed by atoms with Crippen LogP contribution >= 0.6 is 8.17 Å². The average Bonchev–Trinajstić information content (AvgIpc) is 2.36. The Hall–Kier alpha value is 1.33. The molecule has 2 rings (SSSR count). The summed E-state index contributed by atoms with van der Waals surface area (Å²) in [5.41, 5.74) is 1.88. The van der Waals surface area contributed by atoms with Crippen LogP contribution in [0.25, 0.3) is 0 Å². The molecule has 0 saturated heterocycles. The van der Waals surface area contributed by atoms with E-state index in [9.17, 15) is 9.79 Å². The van der Waals surface area contributed by atoms with E-state index in [0.717, 1.165) is 18.2 Å². The van der Waals surface area contributed by atoms with Crippen molar-refractivity contribution in [3.63, 3.8) is 0 Å². The Morgan fingerprint density at radius 1 is 1.09 bits per heavy atom. The zero-order valence-corrected chi connectivity index (χ0v) is 20.1. The Morgan fingerprint density at radius 3 is 2.09 bits per heavy atom. The Kier molecular flexibility index (Phi) is 11.1. The van der Waals surface area contributed by atoms with Gasteiger partial charge in [0.1, 0.15) is 0 Å². The van der Waals surface area contributed by atoms with Gasteiger partial charge in [-0.2, -0.15) is 0 Å². The van der Waals surface area contributed by atoms with Crippen LogP contribution in [0.15, 0.2) is 18.2 Å². The van der Waals surface area contributed by atoms with Crippen LogP contribution < -0.4 is 73.4 Å². The van der Waals surface area contributed by atoms with Gasteiger partial charge in [0.2, 0.25) is 8.17 Å². The van der Waals surface area contributed by atoms with Crippen LogP contribution in [-0.4, -0.2) is 7.11 Å². The number of phosphoric acid groups is 1. The molecule has 1 atom stereocenters. The van der Waals surface area contributed by atoms with Crippen molar-refractivity contribution >= 4 is 8.17 Å². The maximum absolute atomic E-state index is 11.8. The molecule has 1 aliphatic carbocycles. The molecule has 0 spiro atoms.